The fraction of sp³-hybridized carbons (Fsp3) is 0.467. The largest absolute Gasteiger partial charge is 0.316 e. The maximum absolute atomic E-state index is 11.4. The van der Waals surface area contributed by atoms with Crippen LogP contribution in [0.5, 0.6) is 0 Å². The van der Waals surface area contributed by atoms with E-state index in [9.17, 15) is 9.59 Å². The van der Waals surface area contributed by atoms with Crippen molar-refractivity contribution in [2.75, 3.05) is 7.05 Å². The minimum absolute atomic E-state index is 0.195. The second kappa shape index (κ2) is 5.25. The Morgan fingerprint density at radius 2 is 1.70 bits per heavy atom. The van der Waals surface area contributed by atoms with Crippen LogP contribution < -0.4 is 16.4 Å². The molecule has 0 aliphatic rings. The Bertz CT molecular complexity index is 722. The number of nitrogens with one attached hydrogen (secondary N) is 3. The molecule has 108 valence electrons. The van der Waals surface area contributed by atoms with Gasteiger partial charge in [-0.3, -0.25) is 9.59 Å². The van der Waals surface area contributed by atoms with Crippen molar-refractivity contribution in [3.63, 3.8) is 0 Å². The summed E-state index contributed by atoms with van der Waals surface area (Å²) >= 11 is 0. The van der Waals surface area contributed by atoms with Gasteiger partial charge in [-0.05, 0) is 36.6 Å². The van der Waals surface area contributed by atoms with Crippen LogP contribution in [0.25, 0.3) is 11.0 Å². The van der Waals surface area contributed by atoms with E-state index < -0.39 is 11.1 Å². The molecule has 5 nitrogen and oxygen atoms in total. The molecule has 1 atom stereocenters. The van der Waals surface area contributed by atoms with E-state index in [1.165, 1.54) is 0 Å². The van der Waals surface area contributed by atoms with Gasteiger partial charge in [-0.25, -0.2) is 0 Å². The highest BCUT2D eigenvalue weighted by molar-refractivity contribution is 5.74. The van der Waals surface area contributed by atoms with Crippen LogP contribution in [0.3, 0.4) is 0 Å². The Kier molecular flexibility index (Phi) is 3.81. The predicted octanol–water partition coefficient (Wildman–Crippen LogP) is 1.91. The third-order valence-corrected chi connectivity index (χ3v) is 3.31. The molecule has 0 bridgehead atoms. The minimum atomic E-state index is -0.620. The molecule has 0 aliphatic carbocycles. The van der Waals surface area contributed by atoms with Crippen LogP contribution in [0.15, 0.2) is 27.8 Å². The summed E-state index contributed by atoms with van der Waals surface area (Å²) in [7, 11) is 1.93. The van der Waals surface area contributed by atoms with Gasteiger partial charge in [-0.2, -0.15) is 0 Å². The van der Waals surface area contributed by atoms with Crippen LogP contribution in [0.1, 0.15) is 38.8 Å². The van der Waals surface area contributed by atoms with E-state index in [-0.39, 0.29) is 11.5 Å². The number of H-pyrrole nitrogens is 2. The number of rotatable bonds is 3. The van der Waals surface area contributed by atoms with Crippen molar-refractivity contribution >= 4 is 11.0 Å². The Hall–Kier alpha value is -1.88. The topological polar surface area (TPSA) is 77.8 Å². The minimum Gasteiger partial charge on any atom is -0.316 e. The van der Waals surface area contributed by atoms with Gasteiger partial charge < -0.3 is 15.3 Å². The molecule has 0 radical (unpaired) electrons. The molecule has 1 aromatic carbocycles. The van der Waals surface area contributed by atoms with Gasteiger partial charge >= 0.3 is 11.1 Å². The maximum Gasteiger partial charge on any atom is 0.314 e. The lowest BCUT2D eigenvalue weighted by Gasteiger charge is -2.26. The highest BCUT2D eigenvalue weighted by atomic mass is 16.2. The second-order valence-electron chi connectivity index (χ2n) is 6.32. The molecule has 1 heterocycles. The van der Waals surface area contributed by atoms with Crippen LogP contribution >= 0.6 is 0 Å². The van der Waals surface area contributed by atoms with Crippen LogP contribution in [0, 0.1) is 5.41 Å². The first-order chi connectivity index (χ1) is 9.30. The van der Waals surface area contributed by atoms with Crippen molar-refractivity contribution in [2.24, 2.45) is 5.41 Å². The zero-order chi connectivity index (χ0) is 14.9. The number of hydrogen-bond donors (Lipinski definition) is 3. The quantitative estimate of drug-likeness (QED) is 0.749. The summed E-state index contributed by atoms with van der Waals surface area (Å²) in [6, 6.07) is 5.92. The summed E-state index contributed by atoms with van der Waals surface area (Å²) in [5.74, 6) is 0. The lowest BCUT2D eigenvalue weighted by molar-refractivity contribution is 0.321. The fourth-order valence-electron chi connectivity index (χ4n) is 2.35. The third-order valence-electron chi connectivity index (χ3n) is 3.31. The van der Waals surface area contributed by atoms with Gasteiger partial charge in [0, 0.05) is 6.04 Å². The van der Waals surface area contributed by atoms with Gasteiger partial charge in [0.05, 0.1) is 11.0 Å². The molecule has 5 heteroatoms. The highest BCUT2D eigenvalue weighted by Gasteiger charge is 2.19. The van der Waals surface area contributed by atoms with E-state index >= 15 is 0 Å². The van der Waals surface area contributed by atoms with Crippen LogP contribution in [0.4, 0.5) is 0 Å². The molecule has 0 saturated heterocycles. The molecular weight excluding hydrogens is 254 g/mol. The molecule has 20 heavy (non-hydrogen) atoms. The number of benzene rings is 1. The number of aromatic amines is 2. The molecule has 0 fully saturated rings. The van der Waals surface area contributed by atoms with Gasteiger partial charge in [0.15, 0.2) is 0 Å². The van der Waals surface area contributed by atoms with Crippen molar-refractivity contribution < 1.29 is 0 Å². The molecule has 0 amide bonds. The van der Waals surface area contributed by atoms with E-state index in [2.05, 4.69) is 36.1 Å². The Morgan fingerprint density at radius 1 is 1.10 bits per heavy atom. The monoisotopic (exact) mass is 275 g/mol. The SMILES string of the molecule is CNC(CC(C)(C)C)c1ccc2[nH]c(=O)c(=O)[nH]c2c1. The smallest absolute Gasteiger partial charge is 0.314 e. The average Bonchev–Trinajstić information content (AvgIpc) is 2.36. The summed E-state index contributed by atoms with van der Waals surface area (Å²) in [5.41, 5.74) is 1.35. The Morgan fingerprint density at radius 3 is 2.25 bits per heavy atom. The number of fused-ring (bicyclic) bond motifs is 1. The van der Waals surface area contributed by atoms with Crippen LogP contribution in [-0.4, -0.2) is 17.0 Å². The molecular formula is C15H21N3O2. The van der Waals surface area contributed by atoms with Gasteiger partial charge in [0.2, 0.25) is 0 Å². The fourth-order valence-corrected chi connectivity index (χ4v) is 2.35. The van der Waals surface area contributed by atoms with E-state index in [1.54, 1.807) is 0 Å². The normalized spacial score (nSPS) is 13.6. The molecule has 1 unspecified atom stereocenters. The van der Waals surface area contributed by atoms with Crippen molar-refractivity contribution in [1.29, 1.82) is 0 Å². The molecule has 3 N–H and O–H groups in total. The summed E-state index contributed by atoms with van der Waals surface area (Å²) in [5, 5.41) is 3.30. The summed E-state index contributed by atoms with van der Waals surface area (Å²) in [6.07, 6.45) is 0.975. The molecule has 0 saturated carbocycles. The van der Waals surface area contributed by atoms with Crippen molar-refractivity contribution in [2.45, 2.75) is 33.2 Å². The lowest BCUT2D eigenvalue weighted by atomic mass is 9.85. The van der Waals surface area contributed by atoms with Gasteiger partial charge in [0.1, 0.15) is 0 Å². The Labute approximate surface area is 117 Å². The zero-order valence-electron chi connectivity index (χ0n) is 12.3. The first-order valence-electron chi connectivity index (χ1n) is 6.74. The van der Waals surface area contributed by atoms with Crippen LogP contribution in [-0.2, 0) is 0 Å². The molecule has 0 spiro atoms. The summed E-state index contributed by atoms with van der Waals surface area (Å²) in [4.78, 5) is 27.9. The maximum atomic E-state index is 11.4. The average molecular weight is 275 g/mol. The highest BCUT2D eigenvalue weighted by Crippen LogP contribution is 2.29. The van der Waals surface area contributed by atoms with E-state index in [0.29, 0.717) is 11.0 Å². The van der Waals surface area contributed by atoms with E-state index in [0.717, 1.165) is 12.0 Å². The molecule has 1 aromatic heterocycles. The van der Waals surface area contributed by atoms with Crippen molar-refractivity contribution in [3.8, 4) is 0 Å². The van der Waals surface area contributed by atoms with Gasteiger partial charge in [0.25, 0.3) is 0 Å². The molecule has 2 rings (SSSR count). The molecule has 2 aromatic rings. The predicted molar refractivity (Wildman–Crippen MR) is 81.1 cm³/mol. The molecule has 0 aliphatic heterocycles. The third kappa shape index (κ3) is 3.17. The van der Waals surface area contributed by atoms with Gasteiger partial charge in [-0.1, -0.05) is 26.8 Å². The van der Waals surface area contributed by atoms with Crippen LogP contribution in [0.2, 0.25) is 0 Å². The van der Waals surface area contributed by atoms with E-state index in [1.807, 2.05) is 25.2 Å². The summed E-state index contributed by atoms with van der Waals surface area (Å²) < 4.78 is 0. The Balaban J connectivity index is 2.47. The number of hydrogen-bond acceptors (Lipinski definition) is 3. The van der Waals surface area contributed by atoms with Gasteiger partial charge in [-0.15, -0.1) is 0 Å². The lowest BCUT2D eigenvalue weighted by Crippen LogP contribution is -2.29. The van der Waals surface area contributed by atoms with Crippen molar-refractivity contribution in [3.05, 3.63) is 44.5 Å². The standard InChI is InChI=1S/C15H21N3O2/c1-15(2,3)8-12(16-4)9-5-6-10-11(7-9)18-14(20)13(19)17-10/h5-7,12,16H,8H2,1-4H3,(H,17,19)(H,18,20). The van der Waals surface area contributed by atoms with Crippen molar-refractivity contribution in [1.82, 2.24) is 15.3 Å². The zero-order valence-corrected chi connectivity index (χ0v) is 12.3. The number of aromatic nitrogens is 2. The second-order valence-corrected chi connectivity index (χ2v) is 6.32. The summed E-state index contributed by atoms with van der Waals surface area (Å²) in [6.45, 7) is 6.58. The first kappa shape index (κ1) is 14.5. The van der Waals surface area contributed by atoms with E-state index in [4.69, 9.17) is 0 Å². The first-order valence-corrected chi connectivity index (χ1v) is 6.74.